The van der Waals surface area contributed by atoms with Crippen LogP contribution in [0.4, 0.5) is 0 Å². The molecule has 0 aromatic heterocycles. The number of hydrogen-bond donors (Lipinski definition) is 2. The van der Waals surface area contributed by atoms with E-state index >= 15 is 0 Å². The second-order valence-electron chi connectivity index (χ2n) is 3.88. The first-order valence-electron chi connectivity index (χ1n) is 5.75. The van der Waals surface area contributed by atoms with Gasteiger partial charge in [0.1, 0.15) is 0 Å². The van der Waals surface area contributed by atoms with Crippen molar-refractivity contribution in [1.29, 1.82) is 0 Å². The molecule has 0 aliphatic carbocycles. The molecule has 4 heteroatoms. The average Bonchev–Trinajstić information content (AvgIpc) is 2.38. The summed E-state index contributed by atoms with van der Waals surface area (Å²) in [7, 11) is 0. The molecule has 1 rings (SSSR count). The molecule has 17 heavy (non-hydrogen) atoms. The van der Waals surface area contributed by atoms with Gasteiger partial charge in [0.25, 0.3) is 0 Å². The van der Waals surface area contributed by atoms with Gasteiger partial charge in [-0.05, 0) is 12.8 Å². The highest BCUT2D eigenvalue weighted by atomic mass is 16.5. The summed E-state index contributed by atoms with van der Waals surface area (Å²) < 4.78 is 0. The number of amides is 1. The molecule has 0 heterocycles. The zero-order valence-corrected chi connectivity index (χ0v) is 9.69. The summed E-state index contributed by atoms with van der Waals surface area (Å²) in [6, 6.07) is 9.19. The second-order valence-corrected chi connectivity index (χ2v) is 3.88. The Morgan fingerprint density at radius 3 is 2.29 bits per heavy atom. The number of ketones is 1. The first-order valence-corrected chi connectivity index (χ1v) is 5.75. The predicted octanol–water partition coefficient (Wildman–Crippen LogP) is 2.33. The minimum absolute atomic E-state index is 0.136. The number of nitrogens with one attached hydrogen (secondary N) is 1. The van der Waals surface area contributed by atoms with Gasteiger partial charge in [0.05, 0.1) is 0 Å². The summed E-state index contributed by atoms with van der Waals surface area (Å²) >= 11 is 0. The van der Waals surface area contributed by atoms with Gasteiger partial charge in [-0.15, -0.1) is 0 Å². The second kappa shape index (κ2) is 7.57. The van der Waals surface area contributed by atoms with E-state index in [1.807, 2.05) is 30.3 Å². The van der Waals surface area contributed by atoms with Crippen LogP contribution in [0.25, 0.3) is 0 Å². The molecule has 0 saturated heterocycles. The van der Waals surface area contributed by atoms with Crippen molar-refractivity contribution in [2.75, 3.05) is 0 Å². The molecule has 0 aliphatic heterocycles. The molecule has 0 aliphatic rings. The van der Waals surface area contributed by atoms with E-state index in [2.05, 4.69) is 0 Å². The average molecular weight is 235 g/mol. The van der Waals surface area contributed by atoms with Gasteiger partial charge in [-0.2, -0.15) is 0 Å². The van der Waals surface area contributed by atoms with Crippen LogP contribution in [-0.2, 0) is 4.79 Å². The van der Waals surface area contributed by atoms with Gasteiger partial charge in [-0.3, -0.25) is 14.8 Å². The lowest BCUT2D eigenvalue weighted by atomic mass is 10.0. The molecule has 0 atom stereocenters. The SMILES string of the molecule is O=C(CCCCCC(=O)c1ccccc1)NO. The van der Waals surface area contributed by atoms with Crippen LogP contribution in [0, 0.1) is 0 Å². The van der Waals surface area contributed by atoms with Crippen LogP contribution in [0.1, 0.15) is 42.5 Å². The summed E-state index contributed by atoms with van der Waals surface area (Å²) in [4.78, 5) is 22.4. The fourth-order valence-corrected chi connectivity index (χ4v) is 1.57. The minimum Gasteiger partial charge on any atom is -0.294 e. The number of benzene rings is 1. The predicted molar refractivity (Wildman–Crippen MR) is 63.8 cm³/mol. The lowest BCUT2D eigenvalue weighted by Crippen LogP contribution is -2.17. The Hall–Kier alpha value is -1.68. The normalized spacial score (nSPS) is 9.94. The maximum atomic E-state index is 11.7. The number of carbonyl (C=O) groups is 2. The van der Waals surface area contributed by atoms with Crippen LogP contribution in [0.15, 0.2) is 30.3 Å². The highest BCUT2D eigenvalue weighted by Gasteiger charge is 2.04. The van der Waals surface area contributed by atoms with Gasteiger partial charge in [0, 0.05) is 18.4 Å². The number of carbonyl (C=O) groups excluding carboxylic acids is 2. The smallest absolute Gasteiger partial charge is 0.243 e. The highest BCUT2D eigenvalue weighted by Crippen LogP contribution is 2.08. The number of hydrogen-bond acceptors (Lipinski definition) is 3. The first-order chi connectivity index (χ1) is 8.24. The molecule has 0 spiro atoms. The molecule has 1 aromatic rings. The summed E-state index contributed by atoms with van der Waals surface area (Å²) in [6.45, 7) is 0. The van der Waals surface area contributed by atoms with Crippen molar-refractivity contribution in [2.45, 2.75) is 32.1 Å². The summed E-state index contributed by atoms with van der Waals surface area (Å²) in [5.74, 6) is -0.239. The lowest BCUT2D eigenvalue weighted by Gasteiger charge is -2.01. The van der Waals surface area contributed by atoms with Crippen molar-refractivity contribution in [3.8, 4) is 0 Å². The zero-order valence-electron chi connectivity index (χ0n) is 9.69. The minimum atomic E-state index is -0.376. The van der Waals surface area contributed by atoms with Crippen molar-refractivity contribution in [2.24, 2.45) is 0 Å². The fourth-order valence-electron chi connectivity index (χ4n) is 1.57. The van der Waals surface area contributed by atoms with E-state index in [1.165, 1.54) is 0 Å². The van der Waals surface area contributed by atoms with E-state index in [1.54, 1.807) is 5.48 Å². The Labute approximate surface area is 101 Å². The molecule has 1 aromatic carbocycles. The van der Waals surface area contributed by atoms with Crippen LogP contribution < -0.4 is 5.48 Å². The van der Waals surface area contributed by atoms with Gasteiger partial charge in [-0.25, -0.2) is 5.48 Å². The van der Waals surface area contributed by atoms with Gasteiger partial charge < -0.3 is 0 Å². The topological polar surface area (TPSA) is 66.4 Å². The molecule has 0 fully saturated rings. The van der Waals surface area contributed by atoms with Crippen molar-refractivity contribution in [3.63, 3.8) is 0 Å². The molecule has 92 valence electrons. The maximum Gasteiger partial charge on any atom is 0.243 e. The monoisotopic (exact) mass is 235 g/mol. The molecular formula is C13H17NO3. The molecule has 0 saturated carbocycles. The summed E-state index contributed by atoms with van der Waals surface area (Å²) in [5.41, 5.74) is 2.32. The Morgan fingerprint density at radius 1 is 1.00 bits per heavy atom. The molecule has 0 bridgehead atoms. The van der Waals surface area contributed by atoms with Crippen molar-refractivity contribution in [3.05, 3.63) is 35.9 Å². The van der Waals surface area contributed by atoms with Crippen LogP contribution in [0.3, 0.4) is 0 Å². The van der Waals surface area contributed by atoms with Gasteiger partial charge >= 0.3 is 0 Å². The number of rotatable bonds is 7. The number of hydroxylamine groups is 1. The quantitative estimate of drug-likeness (QED) is 0.330. The van der Waals surface area contributed by atoms with E-state index in [0.29, 0.717) is 19.3 Å². The summed E-state index contributed by atoms with van der Waals surface area (Å²) in [6.07, 6.45) is 3.08. The Balaban J connectivity index is 2.15. The number of unbranched alkanes of at least 4 members (excludes halogenated alkanes) is 2. The van der Waals surface area contributed by atoms with Gasteiger partial charge in [0.15, 0.2) is 5.78 Å². The van der Waals surface area contributed by atoms with E-state index in [9.17, 15) is 9.59 Å². The molecule has 2 N–H and O–H groups in total. The Kier molecular flexibility index (Phi) is 5.96. The Bertz CT molecular complexity index is 362. The molecule has 0 unspecified atom stereocenters. The third-order valence-electron chi connectivity index (χ3n) is 2.53. The van der Waals surface area contributed by atoms with Gasteiger partial charge in [0.2, 0.25) is 5.91 Å². The molecule has 0 radical (unpaired) electrons. The van der Waals surface area contributed by atoms with E-state index < -0.39 is 0 Å². The summed E-state index contributed by atoms with van der Waals surface area (Å²) in [5, 5.41) is 8.27. The number of Topliss-reactive ketones (excluding diaryl/α,β-unsaturated/α-hetero) is 1. The van der Waals surface area contributed by atoms with Gasteiger partial charge in [-0.1, -0.05) is 36.8 Å². The standard InChI is InChI=1S/C13H17NO3/c15-12(11-7-3-1-4-8-11)9-5-2-6-10-13(16)14-17/h1,3-4,7-8,17H,2,5-6,9-10H2,(H,14,16). The third-order valence-corrected chi connectivity index (χ3v) is 2.53. The molecule has 4 nitrogen and oxygen atoms in total. The Morgan fingerprint density at radius 2 is 1.65 bits per heavy atom. The van der Waals surface area contributed by atoms with Crippen LogP contribution in [-0.4, -0.2) is 16.9 Å². The lowest BCUT2D eigenvalue weighted by molar-refractivity contribution is -0.129. The largest absolute Gasteiger partial charge is 0.294 e. The van der Waals surface area contributed by atoms with Crippen LogP contribution in [0.2, 0.25) is 0 Å². The van der Waals surface area contributed by atoms with E-state index in [0.717, 1.165) is 18.4 Å². The van der Waals surface area contributed by atoms with Crippen molar-refractivity contribution in [1.82, 2.24) is 5.48 Å². The molecular weight excluding hydrogens is 218 g/mol. The highest BCUT2D eigenvalue weighted by molar-refractivity contribution is 5.95. The fraction of sp³-hybridized carbons (Fsp3) is 0.385. The van der Waals surface area contributed by atoms with Crippen molar-refractivity contribution >= 4 is 11.7 Å². The first kappa shape index (κ1) is 13.4. The zero-order chi connectivity index (χ0) is 12.5. The third kappa shape index (κ3) is 5.26. The van der Waals surface area contributed by atoms with E-state index in [4.69, 9.17) is 5.21 Å². The van der Waals surface area contributed by atoms with Crippen LogP contribution in [0.5, 0.6) is 0 Å². The van der Waals surface area contributed by atoms with Crippen LogP contribution >= 0.6 is 0 Å². The maximum absolute atomic E-state index is 11.7. The van der Waals surface area contributed by atoms with E-state index in [-0.39, 0.29) is 11.7 Å². The van der Waals surface area contributed by atoms with Crippen molar-refractivity contribution < 1.29 is 14.8 Å². The molecule has 1 amide bonds.